The monoisotopic (exact) mass is 121 g/mol. The molecule has 0 aliphatic carbocycles. The van der Waals surface area contributed by atoms with Gasteiger partial charge in [0.25, 0.3) is 0 Å². The predicted molar refractivity (Wildman–Crippen MR) is 29.5 cm³/mol. The molecule has 1 N–H and O–H groups in total. The molecule has 1 heterocycles. The van der Waals surface area contributed by atoms with Crippen LogP contribution in [0.5, 0.6) is 0 Å². The molecule has 0 bridgehead atoms. The van der Waals surface area contributed by atoms with E-state index in [1.165, 1.54) is 0 Å². The van der Waals surface area contributed by atoms with E-state index in [4.69, 9.17) is 11.6 Å². The normalized spacial score (nSPS) is 19.8. The van der Waals surface area contributed by atoms with E-state index in [9.17, 15) is 0 Å². The quantitative estimate of drug-likeness (QED) is 0.519. The third-order valence-electron chi connectivity index (χ3n) is 0.509. The molecule has 0 unspecified atom stereocenters. The van der Waals surface area contributed by atoms with Gasteiger partial charge in [-0.15, -0.1) is 0 Å². The van der Waals surface area contributed by atoms with Gasteiger partial charge in [0.15, 0.2) is 0 Å². The Labute approximate surface area is 45.7 Å². The highest BCUT2D eigenvalue weighted by atomic mass is 35.5. The summed E-state index contributed by atoms with van der Waals surface area (Å²) in [7, 11) is 0. The maximum absolute atomic E-state index is 5.47. The number of rotatable bonds is 0. The molecule has 0 amide bonds. The highest BCUT2D eigenvalue weighted by Crippen LogP contribution is 2.21. The highest BCUT2D eigenvalue weighted by Gasteiger charge is 1.96. The summed E-state index contributed by atoms with van der Waals surface area (Å²) in [5.41, 5.74) is 0. The molecule has 1 nitrogen and oxygen atoms in total. The molecule has 0 radical (unpaired) electrons. The van der Waals surface area contributed by atoms with Gasteiger partial charge in [-0.1, -0.05) is 23.4 Å². The first-order valence-electron chi connectivity index (χ1n) is 1.61. The van der Waals surface area contributed by atoms with Gasteiger partial charge in [-0.2, -0.15) is 0 Å². The van der Waals surface area contributed by atoms with Crippen LogP contribution in [0.25, 0.3) is 0 Å². The van der Waals surface area contributed by atoms with Crippen LogP contribution in [-0.2, 0) is 0 Å². The van der Waals surface area contributed by atoms with Gasteiger partial charge in [0.1, 0.15) is 0 Å². The number of halogens is 1. The lowest BCUT2D eigenvalue weighted by molar-refractivity contribution is 1.08. The molecular formula is C3H4ClNS. The van der Waals surface area contributed by atoms with E-state index in [1.54, 1.807) is 18.0 Å². The molecule has 0 aromatic heterocycles. The largest absolute Gasteiger partial charge is 0.380 e. The van der Waals surface area contributed by atoms with Crippen LogP contribution in [0.3, 0.4) is 0 Å². The first-order chi connectivity index (χ1) is 2.89. The summed E-state index contributed by atoms with van der Waals surface area (Å²) >= 11 is 7.09. The summed E-state index contributed by atoms with van der Waals surface area (Å²) in [5.74, 6) is 0.929. The molecule has 1 rings (SSSR count). The highest BCUT2D eigenvalue weighted by molar-refractivity contribution is 8.04. The number of hydrogen-bond donors (Lipinski definition) is 1. The maximum atomic E-state index is 5.47. The Morgan fingerprint density at radius 3 is 3.00 bits per heavy atom. The summed E-state index contributed by atoms with van der Waals surface area (Å²) in [4.78, 5) is 0. The third-order valence-corrected chi connectivity index (χ3v) is 1.65. The number of hydrogen-bond acceptors (Lipinski definition) is 2. The van der Waals surface area contributed by atoms with Crippen molar-refractivity contribution in [1.82, 2.24) is 5.32 Å². The van der Waals surface area contributed by atoms with Gasteiger partial charge >= 0.3 is 0 Å². The minimum Gasteiger partial charge on any atom is -0.380 e. The van der Waals surface area contributed by atoms with Crippen molar-refractivity contribution in [3.05, 3.63) is 10.6 Å². The van der Waals surface area contributed by atoms with Gasteiger partial charge in [0.05, 0.1) is 10.2 Å². The van der Waals surface area contributed by atoms with Gasteiger partial charge in [-0.3, -0.25) is 0 Å². The van der Waals surface area contributed by atoms with Crippen molar-refractivity contribution >= 4 is 23.4 Å². The standard InChI is InChI=1S/C3H4ClNS/c4-3-1-5-2-6-3/h1,5H,2H2. The summed E-state index contributed by atoms with van der Waals surface area (Å²) in [6.45, 7) is 0. The summed E-state index contributed by atoms with van der Waals surface area (Å²) in [6.07, 6.45) is 1.80. The van der Waals surface area contributed by atoms with Crippen molar-refractivity contribution in [2.75, 3.05) is 5.88 Å². The first-order valence-corrected chi connectivity index (χ1v) is 2.98. The van der Waals surface area contributed by atoms with E-state index < -0.39 is 0 Å². The number of nitrogens with one attached hydrogen (secondary N) is 1. The summed E-state index contributed by atoms with van der Waals surface area (Å²) < 4.78 is 0.856. The van der Waals surface area contributed by atoms with Crippen LogP contribution in [0.1, 0.15) is 0 Å². The van der Waals surface area contributed by atoms with E-state index in [0.717, 1.165) is 10.2 Å². The van der Waals surface area contributed by atoms with Crippen molar-refractivity contribution in [3.63, 3.8) is 0 Å². The minimum atomic E-state index is 0.856. The first kappa shape index (κ1) is 4.34. The van der Waals surface area contributed by atoms with Gasteiger partial charge in [-0.05, 0) is 0 Å². The molecule has 0 saturated carbocycles. The van der Waals surface area contributed by atoms with Crippen molar-refractivity contribution in [2.45, 2.75) is 0 Å². The Hall–Kier alpha value is 0.180. The molecule has 3 heteroatoms. The zero-order chi connectivity index (χ0) is 4.41. The average molecular weight is 122 g/mol. The van der Waals surface area contributed by atoms with E-state index >= 15 is 0 Å². The van der Waals surface area contributed by atoms with Crippen molar-refractivity contribution < 1.29 is 0 Å². The Kier molecular flexibility index (Phi) is 1.27. The Balaban J connectivity index is 2.45. The molecule has 0 saturated heterocycles. The molecule has 0 aromatic carbocycles. The van der Waals surface area contributed by atoms with E-state index in [0.29, 0.717) is 0 Å². The Morgan fingerprint density at radius 1 is 2.00 bits per heavy atom. The van der Waals surface area contributed by atoms with E-state index in [-0.39, 0.29) is 0 Å². The van der Waals surface area contributed by atoms with Crippen molar-refractivity contribution in [1.29, 1.82) is 0 Å². The zero-order valence-corrected chi connectivity index (χ0v) is 4.64. The maximum Gasteiger partial charge on any atom is 0.0909 e. The van der Waals surface area contributed by atoms with Crippen LogP contribution in [0.15, 0.2) is 10.6 Å². The summed E-state index contributed by atoms with van der Waals surface area (Å²) in [6, 6.07) is 0. The van der Waals surface area contributed by atoms with Crippen LogP contribution in [0.4, 0.5) is 0 Å². The van der Waals surface area contributed by atoms with Crippen LogP contribution < -0.4 is 5.32 Å². The van der Waals surface area contributed by atoms with Gasteiger partial charge in [0.2, 0.25) is 0 Å². The molecule has 1 aliphatic rings. The van der Waals surface area contributed by atoms with Crippen LogP contribution in [-0.4, -0.2) is 5.88 Å². The lowest BCUT2D eigenvalue weighted by atomic mass is 11.0. The second kappa shape index (κ2) is 1.76. The van der Waals surface area contributed by atoms with Crippen molar-refractivity contribution in [3.8, 4) is 0 Å². The fraction of sp³-hybridized carbons (Fsp3) is 0.333. The predicted octanol–water partition coefficient (Wildman–Crippen LogP) is 1.32. The third kappa shape index (κ3) is 0.820. The van der Waals surface area contributed by atoms with Crippen molar-refractivity contribution in [2.24, 2.45) is 0 Å². The van der Waals surface area contributed by atoms with Gasteiger partial charge < -0.3 is 5.32 Å². The molecule has 1 aliphatic heterocycles. The topological polar surface area (TPSA) is 12.0 Å². The molecule has 0 spiro atoms. The zero-order valence-electron chi connectivity index (χ0n) is 3.07. The smallest absolute Gasteiger partial charge is 0.0909 e. The summed E-state index contributed by atoms with van der Waals surface area (Å²) in [5, 5.41) is 2.94. The van der Waals surface area contributed by atoms with E-state index in [2.05, 4.69) is 5.32 Å². The molecule has 34 valence electrons. The second-order valence-corrected chi connectivity index (χ2v) is 2.59. The fourth-order valence-corrected chi connectivity index (χ4v) is 0.986. The average Bonchev–Trinajstić information content (AvgIpc) is 1.86. The molecule has 0 atom stereocenters. The SMILES string of the molecule is ClC1=CNCS1. The Morgan fingerprint density at radius 2 is 2.83 bits per heavy atom. The Bertz CT molecular complexity index is 80.9. The molecule has 6 heavy (non-hydrogen) atoms. The fourth-order valence-electron chi connectivity index (χ4n) is 0.274. The van der Waals surface area contributed by atoms with Crippen LogP contribution in [0, 0.1) is 0 Å². The molecular weight excluding hydrogens is 118 g/mol. The van der Waals surface area contributed by atoms with Gasteiger partial charge in [0, 0.05) is 6.20 Å². The second-order valence-electron chi connectivity index (χ2n) is 0.941. The van der Waals surface area contributed by atoms with E-state index in [1.807, 2.05) is 0 Å². The van der Waals surface area contributed by atoms with Crippen LogP contribution >= 0.6 is 23.4 Å². The minimum absolute atomic E-state index is 0.856. The van der Waals surface area contributed by atoms with Crippen LogP contribution in [0.2, 0.25) is 0 Å². The molecule has 0 fully saturated rings. The van der Waals surface area contributed by atoms with Gasteiger partial charge in [-0.25, -0.2) is 0 Å². The number of thioether (sulfide) groups is 1. The molecule has 0 aromatic rings. The lowest BCUT2D eigenvalue weighted by Gasteiger charge is -1.78. The lowest BCUT2D eigenvalue weighted by Crippen LogP contribution is -1.93.